The van der Waals surface area contributed by atoms with Crippen molar-refractivity contribution in [3.8, 4) is 5.88 Å². The Morgan fingerprint density at radius 2 is 2.55 bits per heavy atom. The van der Waals surface area contributed by atoms with E-state index in [0.29, 0.717) is 0 Å². The van der Waals surface area contributed by atoms with Crippen LogP contribution < -0.4 is 10.1 Å². The zero-order chi connectivity index (χ0) is 7.68. The van der Waals surface area contributed by atoms with Crippen molar-refractivity contribution in [1.82, 2.24) is 4.98 Å². The smallest absolute Gasteiger partial charge is 0.218 e. The number of hydrogen-bond acceptors (Lipinski definition) is 3. The summed E-state index contributed by atoms with van der Waals surface area (Å²) in [5, 5.41) is 3.11. The van der Waals surface area contributed by atoms with Crippen LogP contribution in [0.2, 0.25) is 0 Å². The molecule has 0 aromatic carbocycles. The number of rotatable bonds is 1. The van der Waals surface area contributed by atoms with Gasteiger partial charge < -0.3 is 10.1 Å². The first-order valence-corrected chi connectivity index (χ1v) is 3.70. The molecule has 0 bridgehead atoms. The molecule has 1 N–H and O–H groups in total. The van der Waals surface area contributed by atoms with Gasteiger partial charge >= 0.3 is 0 Å². The van der Waals surface area contributed by atoms with Crippen LogP contribution in [-0.2, 0) is 6.42 Å². The Labute approximate surface area is 65.4 Å². The minimum absolute atomic E-state index is 0.765. The average Bonchev–Trinajstić information content (AvgIpc) is 2.50. The number of hydrogen-bond donors (Lipinski definition) is 1. The lowest BCUT2D eigenvalue weighted by Crippen LogP contribution is -1.93. The molecule has 0 unspecified atom stereocenters. The zero-order valence-corrected chi connectivity index (χ0v) is 6.42. The summed E-state index contributed by atoms with van der Waals surface area (Å²) in [4.78, 5) is 4.11. The molecule has 0 radical (unpaired) electrons. The topological polar surface area (TPSA) is 34.2 Å². The summed E-state index contributed by atoms with van der Waals surface area (Å²) < 4.78 is 5.29. The van der Waals surface area contributed by atoms with Crippen LogP contribution in [0, 0.1) is 0 Å². The number of pyridine rings is 1. The monoisotopic (exact) mass is 150 g/mol. The Balaban J connectivity index is 2.50. The fourth-order valence-electron chi connectivity index (χ4n) is 1.32. The van der Waals surface area contributed by atoms with Gasteiger partial charge in [-0.15, -0.1) is 0 Å². The summed E-state index contributed by atoms with van der Waals surface area (Å²) in [7, 11) is 1.91. The van der Waals surface area contributed by atoms with E-state index in [9.17, 15) is 0 Å². The predicted octanol–water partition coefficient (Wildman–Crippen LogP) is 1.06. The Morgan fingerprint density at radius 1 is 1.64 bits per heavy atom. The summed E-state index contributed by atoms with van der Waals surface area (Å²) >= 11 is 0. The predicted molar refractivity (Wildman–Crippen MR) is 43.0 cm³/mol. The second-order valence-corrected chi connectivity index (χ2v) is 2.49. The lowest BCUT2D eigenvalue weighted by molar-refractivity contribution is 0.345. The lowest BCUT2D eigenvalue weighted by Gasteiger charge is -2.03. The highest BCUT2D eigenvalue weighted by Crippen LogP contribution is 2.28. The molecular weight excluding hydrogens is 140 g/mol. The molecule has 0 amide bonds. The van der Waals surface area contributed by atoms with Crippen molar-refractivity contribution in [3.63, 3.8) is 0 Å². The summed E-state index contributed by atoms with van der Waals surface area (Å²) in [5.74, 6) is 0.789. The lowest BCUT2D eigenvalue weighted by atomic mass is 10.2. The number of nitrogens with one attached hydrogen (secondary N) is 1. The van der Waals surface area contributed by atoms with E-state index < -0.39 is 0 Å². The number of aromatic nitrogens is 1. The summed E-state index contributed by atoms with van der Waals surface area (Å²) in [5.41, 5.74) is 2.34. The highest BCUT2D eigenvalue weighted by Gasteiger charge is 2.15. The normalized spacial score (nSPS) is 13.9. The van der Waals surface area contributed by atoms with Crippen LogP contribution in [0.5, 0.6) is 5.88 Å². The molecule has 0 aliphatic carbocycles. The van der Waals surface area contributed by atoms with Gasteiger partial charge in [0.1, 0.15) is 0 Å². The number of fused-ring (bicyclic) bond motifs is 1. The second-order valence-electron chi connectivity index (χ2n) is 2.49. The first-order chi connectivity index (χ1) is 5.42. The summed E-state index contributed by atoms with van der Waals surface area (Å²) in [6.45, 7) is 0.765. The summed E-state index contributed by atoms with van der Waals surface area (Å²) in [6, 6.07) is 1.97. The van der Waals surface area contributed by atoms with E-state index in [1.54, 1.807) is 6.20 Å². The third-order valence-electron chi connectivity index (χ3n) is 1.88. The third kappa shape index (κ3) is 0.926. The van der Waals surface area contributed by atoms with Gasteiger partial charge in [0.15, 0.2) is 0 Å². The molecule has 58 valence electrons. The molecule has 3 heteroatoms. The molecule has 0 saturated carbocycles. The molecule has 1 aliphatic heterocycles. The minimum Gasteiger partial charge on any atom is -0.477 e. The molecule has 1 aliphatic rings. The van der Waals surface area contributed by atoms with Crippen molar-refractivity contribution in [2.24, 2.45) is 0 Å². The minimum atomic E-state index is 0.765. The summed E-state index contributed by atoms with van der Waals surface area (Å²) in [6.07, 6.45) is 2.73. The number of ether oxygens (including phenoxy) is 1. The van der Waals surface area contributed by atoms with Gasteiger partial charge in [0.25, 0.3) is 0 Å². The molecule has 1 aromatic rings. The first-order valence-electron chi connectivity index (χ1n) is 3.70. The van der Waals surface area contributed by atoms with Crippen LogP contribution in [0.1, 0.15) is 5.56 Å². The Morgan fingerprint density at radius 3 is 3.36 bits per heavy atom. The molecule has 1 aromatic heterocycles. The third-order valence-corrected chi connectivity index (χ3v) is 1.88. The van der Waals surface area contributed by atoms with Crippen molar-refractivity contribution in [3.05, 3.63) is 17.8 Å². The first kappa shape index (κ1) is 6.46. The van der Waals surface area contributed by atoms with Crippen molar-refractivity contribution in [2.75, 3.05) is 19.0 Å². The van der Waals surface area contributed by atoms with Gasteiger partial charge in [-0.1, -0.05) is 0 Å². The van der Waals surface area contributed by atoms with E-state index in [0.717, 1.165) is 24.6 Å². The van der Waals surface area contributed by atoms with Crippen molar-refractivity contribution in [1.29, 1.82) is 0 Å². The quantitative estimate of drug-likeness (QED) is 0.650. The standard InChI is InChI=1S/C8H10N2O/c1-9-7-2-4-10-8-6(7)3-5-11-8/h2,4H,3,5H2,1H3,(H,9,10). The van der Waals surface area contributed by atoms with E-state index in [-0.39, 0.29) is 0 Å². The van der Waals surface area contributed by atoms with Gasteiger partial charge in [0.05, 0.1) is 6.61 Å². The fourth-order valence-corrected chi connectivity index (χ4v) is 1.32. The van der Waals surface area contributed by atoms with Crippen LogP contribution in [0.3, 0.4) is 0 Å². The molecule has 2 rings (SSSR count). The molecule has 11 heavy (non-hydrogen) atoms. The van der Waals surface area contributed by atoms with Gasteiger partial charge in [0, 0.05) is 30.9 Å². The van der Waals surface area contributed by atoms with Crippen LogP contribution in [0.25, 0.3) is 0 Å². The van der Waals surface area contributed by atoms with Gasteiger partial charge in [-0.25, -0.2) is 4.98 Å². The Bertz CT molecular complexity index is 273. The molecule has 0 spiro atoms. The van der Waals surface area contributed by atoms with E-state index in [1.807, 2.05) is 13.1 Å². The highest BCUT2D eigenvalue weighted by molar-refractivity contribution is 5.55. The van der Waals surface area contributed by atoms with Crippen molar-refractivity contribution >= 4 is 5.69 Å². The maximum Gasteiger partial charge on any atom is 0.218 e. The van der Waals surface area contributed by atoms with E-state index in [2.05, 4.69) is 10.3 Å². The molecule has 0 atom stereocenters. The van der Waals surface area contributed by atoms with E-state index >= 15 is 0 Å². The van der Waals surface area contributed by atoms with Crippen molar-refractivity contribution in [2.45, 2.75) is 6.42 Å². The second kappa shape index (κ2) is 2.42. The molecule has 0 saturated heterocycles. The largest absolute Gasteiger partial charge is 0.477 e. The average molecular weight is 150 g/mol. The Hall–Kier alpha value is -1.25. The molecular formula is C8H10N2O. The van der Waals surface area contributed by atoms with Gasteiger partial charge in [-0.05, 0) is 6.07 Å². The van der Waals surface area contributed by atoms with Gasteiger partial charge in [-0.3, -0.25) is 0 Å². The van der Waals surface area contributed by atoms with Crippen LogP contribution in [-0.4, -0.2) is 18.6 Å². The molecule has 0 fully saturated rings. The van der Waals surface area contributed by atoms with Crippen LogP contribution in [0.4, 0.5) is 5.69 Å². The van der Waals surface area contributed by atoms with Gasteiger partial charge in [-0.2, -0.15) is 0 Å². The van der Waals surface area contributed by atoms with Gasteiger partial charge in [0.2, 0.25) is 5.88 Å². The molecule has 3 nitrogen and oxygen atoms in total. The van der Waals surface area contributed by atoms with Crippen molar-refractivity contribution < 1.29 is 4.74 Å². The van der Waals surface area contributed by atoms with Crippen LogP contribution in [0.15, 0.2) is 12.3 Å². The highest BCUT2D eigenvalue weighted by atomic mass is 16.5. The maximum absolute atomic E-state index is 5.29. The fraction of sp³-hybridized carbons (Fsp3) is 0.375. The van der Waals surface area contributed by atoms with Crippen LogP contribution >= 0.6 is 0 Å². The SMILES string of the molecule is CNc1ccnc2c1CCO2. The number of nitrogens with zero attached hydrogens (tertiary/aromatic N) is 1. The maximum atomic E-state index is 5.29. The van der Waals surface area contributed by atoms with E-state index in [1.165, 1.54) is 5.56 Å². The number of anilines is 1. The van der Waals surface area contributed by atoms with E-state index in [4.69, 9.17) is 4.74 Å². The molecule has 2 heterocycles. The zero-order valence-electron chi connectivity index (χ0n) is 6.42. The Kier molecular flexibility index (Phi) is 1.42.